The number of carbonyl (C=O) groups is 1. The highest BCUT2D eigenvalue weighted by Crippen LogP contribution is 2.38. The minimum Gasteiger partial charge on any atom is -0.485 e. The average molecular weight is 411 g/mol. The Balaban J connectivity index is 1.35. The summed E-state index contributed by atoms with van der Waals surface area (Å²) in [6.07, 6.45) is 3.06. The Hall–Kier alpha value is -2.56. The summed E-state index contributed by atoms with van der Waals surface area (Å²) in [6, 6.07) is 10.4. The fourth-order valence-electron chi connectivity index (χ4n) is 4.21. The van der Waals surface area contributed by atoms with Crippen molar-refractivity contribution >= 4 is 27.9 Å². The topological polar surface area (TPSA) is 68.6 Å². The molecule has 0 saturated heterocycles. The summed E-state index contributed by atoms with van der Waals surface area (Å²) in [7, 11) is 1.93. The zero-order chi connectivity index (χ0) is 20.4. The van der Waals surface area contributed by atoms with E-state index >= 15 is 0 Å². The second-order valence-corrected chi connectivity index (χ2v) is 8.77. The zero-order valence-electron chi connectivity index (χ0n) is 16.9. The van der Waals surface area contributed by atoms with Crippen LogP contribution in [0.4, 0.5) is 10.7 Å². The van der Waals surface area contributed by atoms with Crippen LogP contribution in [0.25, 0.3) is 0 Å². The van der Waals surface area contributed by atoms with E-state index in [0.29, 0.717) is 17.1 Å². The minimum atomic E-state index is -0.0903. The van der Waals surface area contributed by atoms with Crippen LogP contribution in [0.2, 0.25) is 0 Å². The number of fused-ring (bicyclic) bond motifs is 2. The molecule has 4 rings (SSSR count). The number of nitriles is 1. The molecule has 152 valence electrons. The van der Waals surface area contributed by atoms with E-state index < -0.39 is 0 Å². The van der Waals surface area contributed by atoms with Crippen LogP contribution in [0.5, 0.6) is 5.75 Å². The molecule has 0 unspecified atom stereocenters. The van der Waals surface area contributed by atoms with E-state index in [9.17, 15) is 10.1 Å². The van der Waals surface area contributed by atoms with Gasteiger partial charge in [-0.05, 0) is 50.9 Å². The highest BCUT2D eigenvalue weighted by atomic mass is 32.1. The third kappa shape index (κ3) is 4.09. The second-order valence-electron chi connectivity index (χ2n) is 7.66. The molecule has 1 atom stereocenters. The Bertz CT molecular complexity index is 949. The van der Waals surface area contributed by atoms with E-state index in [2.05, 4.69) is 29.3 Å². The van der Waals surface area contributed by atoms with Crippen molar-refractivity contribution in [1.82, 2.24) is 4.90 Å². The first-order chi connectivity index (χ1) is 14.1. The number of likely N-dealkylation sites (N-methyl/N-ethyl adjacent to an activating group) is 2. The molecule has 1 N–H and O–H groups in total. The number of carbonyl (C=O) groups excluding carboxylic acids is 1. The molecule has 1 amide bonds. The lowest BCUT2D eigenvalue weighted by Crippen LogP contribution is -2.46. The van der Waals surface area contributed by atoms with Gasteiger partial charge in [0.2, 0.25) is 5.91 Å². The third-order valence-corrected chi connectivity index (χ3v) is 6.73. The molecule has 1 aliphatic heterocycles. The molecule has 2 aliphatic rings. The maximum absolute atomic E-state index is 12.6. The van der Waals surface area contributed by atoms with Crippen molar-refractivity contribution in [3.63, 3.8) is 0 Å². The lowest BCUT2D eigenvalue weighted by Gasteiger charge is -2.37. The van der Waals surface area contributed by atoms with Crippen LogP contribution in [0.1, 0.15) is 29.3 Å². The monoisotopic (exact) mass is 410 g/mol. The highest BCUT2D eigenvalue weighted by Gasteiger charge is 2.27. The largest absolute Gasteiger partial charge is 0.485 e. The summed E-state index contributed by atoms with van der Waals surface area (Å²) in [5, 5.41) is 13.1. The summed E-state index contributed by atoms with van der Waals surface area (Å²) in [5.41, 5.74) is 2.92. The number of nitrogens with zero attached hydrogens (tertiary/aromatic N) is 3. The van der Waals surface area contributed by atoms with Gasteiger partial charge in [-0.15, -0.1) is 11.3 Å². The van der Waals surface area contributed by atoms with Crippen LogP contribution in [-0.2, 0) is 17.6 Å². The van der Waals surface area contributed by atoms with E-state index in [1.54, 1.807) is 11.3 Å². The minimum absolute atomic E-state index is 0.00265. The quantitative estimate of drug-likeness (QED) is 0.792. The van der Waals surface area contributed by atoms with E-state index in [1.807, 2.05) is 30.1 Å². The van der Waals surface area contributed by atoms with Gasteiger partial charge in [0.05, 0.1) is 24.3 Å². The Morgan fingerprint density at radius 2 is 2.24 bits per heavy atom. The van der Waals surface area contributed by atoms with Crippen molar-refractivity contribution in [3.05, 3.63) is 40.3 Å². The van der Waals surface area contributed by atoms with Crippen molar-refractivity contribution in [2.24, 2.45) is 0 Å². The zero-order valence-corrected chi connectivity index (χ0v) is 17.7. The van der Waals surface area contributed by atoms with E-state index in [4.69, 9.17) is 4.74 Å². The number of ether oxygens (including phenoxy) is 1. The second kappa shape index (κ2) is 8.44. The summed E-state index contributed by atoms with van der Waals surface area (Å²) < 4.78 is 6.16. The van der Waals surface area contributed by atoms with Gasteiger partial charge in [-0.2, -0.15) is 5.26 Å². The molecule has 29 heavy (non-hydrogen) atoms. The highest BCUT2D eigenvalue weighted by molar-refractivity contribution is 7.16. The molecule has 1 aliphatic carbocycles. The fraction of sp³-hybridized carbons (Fsp3) is 0.455. The van der Waals surface area contributed by atoms with Crippen molar-refractivity contribution < 1.29 is 9.53 Å². The lowest BCUT2D eigenvalue weighted by molar-refractivity contribution is -0.117. The number of aryl methyl sites for hydroxylation is 1. The van der Waals surface area contributed by atoms with Gasteiger partial charge in [-0.3, -0.25) is 9.69 Å². The number of hydrogen-bond acceptors (Lipinski definition) is 6. The number of nitrogens with one attached hydrogen (secondary N) is 1. The predicted octanol–water partition coefficient (Wildman–Crippen LogP) is 3.27. The van der Waals surface area contributed by atoms with Crippen LogP contribution in [0.3, 0.4) is 0 Å². The van der Waals surface area contributed by atoms with Crippen LogP contribution < -0.4 is 15.0 Å². The number of anilines is 2. The van der Waals surface area contributed by atoms with Gasteiger partial charge >= 0.3 is 0 Å². The van der Waals surface area contributed by atoms with E-state index in [-0.39, 0.29) is 18.6 Å². The average Bonchev–Trinajstić information content (AvgIpc) is 3.27. The van der Waals surface area contributed by atoms with Crippen molar-refractivity contribution in [3.8, 4) is 11.8 Å². The summed E-state index contributed by atoms with van der Waals surface area (Å²) in [4.78, 5) is 18.1. The standard InChI is InChI=1S/C22H26N4O2S/c1-3-26-13-15(28-19-9-5-4-8-18(19)26)12-25(2)14-21(27)24-22-17(11-23)16-7-6-10-20(16)29-22/h4-5,8-9,15H,3,6-7,10,12-14H2,1-2H3,(H,24,27)/t15-/m0/s1. The number of para-hydroxylation sites is 2. The van der Waals surface area contributed by atoms with Gasteiger partial charge in [0.15, 0.2) is 0 Å². The Morgan fingerprint density at radius 1 is 1.41 bits per heavy atom. The molecule has 7 heteroatoms. The molecule has 2 heterocycles. The van der Waals surface area contributed by atoms with Crippen molar-refractivity contribution in [2.75, 3.05) is 43.4 Å². The third-order valence-electron chi connectivity index (χ3n) is 5.52. The van der Waals surface area contributed by atoms with Gasteiger partial charge in [0.25, 0.3) is 0 Å². The first kappa shape index (κ1) is 19.7. The van der Waals surface area contributed by atoms with Crippen LogP contribution >= 0.6 is 11.3 Å². The van der Waals surface area contributed by atoms with Crippen LogP contribution in [0.15, 0.2) is 24.3 Å². The van der Waals surface area contributed by atoms with E-state index in [1.165, 1.54) is 4.88 Å². The number of thiophene rings is 1. The van der Waals surface area contributed by atoms with Crippen molar-refractivity contribution in [1.29, 1.82) is 5.26 Å². The predicted molar refractivity (Wildman–Crippen MR) is 116 cm³/mol. The Kier molecular flexibility index (Phi) is 5.74. The van der Waals surface area contributed by atoms with E-state index in [0.717, 1.165) is 49.4 Å². The Morgan fingerprint density at radius 3 is 3.03 bits per heavy atom. The smallest absolute Gasteiger partial charge is 0.239 e. The van der Waals surface area contributed by atoms with Crippen molar-refractivity contribution in [2.45, 2.75) is 32.3 Å². The molecule has 0 saturated carbocycles. The molecule has 1 aromatic carbocycles. The number of benzene rings is 1. The number of hydrogen-bond donors (Lipinski definition) is 1. The van der Waals surface area contributed by atoms with Gasteiger partial charge in [-0.1, -0.05) is 12.1 Å². The molecule has 2 aromatic rings. The lowest BCUT2D eigenvalue weighted by atomic mass is 10.1. The molecule has 6 nitrogen and oxygen atoms in total. The molecule has 0 fully saturated rings. The fourth-order valence-corrected chi connectivity index (χ4v) is 5.46. The van der Waals surface area contributed by atoms with Crippen LogP contribution in [0, 0.1) is 11.3 Å². The maximum Gasteiger partial charge on any atom is 0.239 e. The van der Waals surface area contributed by atoms with Gasteiger partial charge in [-0.25, -0.2) is 0 Å². The molecule has 0 bridgehead atoms. The Labute approximate surface area is 175 Å². The number of rotatable bonds is 6. The first-order valence-electron chi connectivity index (χ1n) is 10.1. The molecular weight excluding hydrogens is 384 g/mol. The molecule has 0 spiro atoms. The summed E-state index contributed by atoms with van der Waals surface area (Å²) in [6.45, 7) is 4.78. The van der Waals surface area contributed by atoms with Gasteiger partial charge in [0, 0.05) is 18.0 Å². The molecule has 0 radical (unpaired) electrons. The first-order valence-corrected chi connectivity index (χ1v) is 10.9. The summed E-state index contributed by atoms with van der Waals surface area (Å²) in [5.74, 6) is 0.808. The molecule has 1 aromatic heterocycles. The maximum atomic E-state index is 12.6. The van der Waals surface area contributed by atoms with Gasteiger partial charge < -0.3 is 15.0 Å². The molecular formula is C22H26N4O2S. The van der Waals surface area contributed by atoms with Crippen LogP contribution in [-0.4, -0.2) is 50.1 Å². The number of amides is 1. The normalized spacial score (nSPS) is 17.4. The summed E-state index contributed by atoms with van der Waals surface area (Å²) >= 11 is 1.56. The SMILES string of the molecule is CCN1C[C@H](CN(C)CC(=O)Nc2sc3c(c2C#N)CCC3)Oc2ccccc21. The van der Waals surface area contributed by atoms with Gasteiger partial charge in [0.1, 0.15) is 22.9 Å².